The summed E-state index contributed by atoms with van der Waals surface area (Å²) in [7, 11) is -1.93. The molecule has 0 saturated carbocycles. The van der Waals surface area contributed by atoms with Crippen LogP contribution in [0, 0.1) is 0 Å². The third-order valence-electron chi connectivity index (χ3n) is 5.50. The van der Waals surface area contributed by atoms with Crippen LogP contribution in [0.5, 0.6) is 0 Å². The molecule has 2 atom stereocenters. The summed E-state index contributed by atoms with van der Waals surface area (Å²) in [6, 6.07) is 0.0225. The summed E-state index contributed by atoms with van der Waals surface area (Å²) in [5, 5.41) is 3.22. The van der Waals surface area contributed by atoms with Crippen LogP contribution in [0.1, 0.15) is 61.3 Å². The molecule has 1 aliphatic heterocycles. The highest BCUT2D eigenvalue weighted by Crippen LogP contribution is 2.39. The van der Waals surface area contributed by atoms with Gasteiger partial charge >= 0.3 is 12.1 Å². The van der Waals surface area contributed by atoms with Gasteiger partial charge in [-0.2, -0.15) is 0 Å². The number of nitrogens with zero attached hydrogens (tertiary/aromatic N) is 1. The molecule has 1 rings (SSSR count). The predicted molar refractivity (Wildman–Crippen MR) is 118 cm³/mol. The first-order valence-electron chi connectivity index (χ1n) is 10.7. The Hall–Kier alpha value is -1.12. The molecule has 1 heterocycles. The van der Waals surface area contributed by atoms with E-state index in [-0.39, 0.29) is 35.8 Å². The summed E-state index contributed by atoms with van der Waals surface area (Å²) in [4.78, 5) is 26.1. The van der Waals surface area contributed by atoms with E-state index in [1.54, 1.807) is 11.8 Å². The van der Waals surface area contributed by atoms with Crippen LogP contribution in [0.2, 0.25) is 18.1 Å². The maximum Gasteiger partial charge on any atom is 0.410 e. The highest BCUT2D eigenvalue weighted by atomic mass is 28.4. The van der Waals surface area contributed by atoms with E-state index in [1.165, 1.54) is 0 Å². The van der Waals surface area contributed by atoms with E-state index in [2.05, 4.69) is 39.2 Å². The topological polar surface area (TPSA) is 77.1 Å². The molecule has 170 valence electrons. The average molecular weight is 431 g/mol. The third kappa shape index (κ3) is 8.64. The van der Waals surface area contributed by atoms with Gasteiger partial charge in [-0.25, -0.2) is 4.79 Å². The Balaban J connectivity index is 2.75. The molecule has 0 aromatic rings. The first-order valence-corrected chi connectivity index (χ1v) is 13.6. The first kappa shape index (κ1) is 25.9. The van der Waals surface area contributed by atoms with Gasteiger partial charge in [0, 0.05) is 12.6 Å². The number of esters is 1. The molecule has 1 fully saturated rings. The van der Waals surface area contributed by atoms with Crippen LogP contribution < -0.4 is 5.32 Å². The number of carbonyl (C=O) groups is 2. The van der Waals surface area contributed by atoms with Crippen LogP contribution in [0.4, 0.5) is 4.79 Å². The van der Waals surface area contributed by atoms with E-state index in [0.717, 1.165) is 12.8 Å². The molecule has 1 saturated heterocycles. The molecule has 1 N–H and O–H groups in total. The van der Waals surface area contributed by atoms with Crippen molar-refractivity contribution in [1.29, 1.82) is 0 Å². The van der Waals surface area contributed by atoms with Gasteiger partial charge in [0.15, 0.2) is 8.32 Å². The van der Waals surface area contributed by atoms with Crippen molar-refractivity contribution in [3.63, 3.8) is 0 Å². The normalized spacial score (nSPS) is 20.7. The Morgan fingerprint density at radius 3 is 2.28 bits per heavy atom. The molecule has 0 aliphatic carbocycles. The Bertz CT molecular complexity index is 554. The van der Waals surface area contributed by atoms with Crippen molar-refractivity contribution in [3.8, 4) is 0 Å². The minimum Gasteiger partial charge on any atom is -0.465 e. The number of amides is 1. The van der Waals surface area contributed by atoms with E-state index < -0.39 is 13.9 Å². The maximum absolute atomic E-state index is 12.8. The standard InChI is InChI=1S/C21H42N2O5Si/c1-10-26-18(24)14-22-12-11-16-13-17(28-29(8,9)21(5,6)7)15-23(16)19(25)27-20(2,3)4/h16-17,22H,10-15H2,1-9H3/t16-,17-/m1/s1. The molecule has 8 heteroatoms. The van der Waals surface area contributed by atoms with E-state index in [1.807, 2.05) is 20.8 Å². The molecule has 0 aromatic carbocycles. The van der Waals surface area contributed by atoms with Crippen LogP contribution in [-0.4, -0.2) is 69.3 Å². The molecule has 0 spiro atoms. The molecule has 0 bridgehead atoms. The fraction of sp³-hybridized carbons (Fsp3) is 0.905. The van der Waals surface area contributed by atoms with Crippen LogP contribution in [0.25, 0.3) is 0 Å². The van der Waals surface area contributed by atoms with Crippen molar-refractivity contribution in [2.75, 3.05) is 26.2 Å². The molecule has 0 radical (unpaired) electrons. The lowest BCUT2D eigenvalue weighted by molar-refractivity contribution is -0.142. The zero-order chi connectivity index (χ0) is 22.5. The number of nitrogens with one attached hydrogen (secondary N) is 1. The number of carbonyl (C=O) groups excluding carboxylic acids is 2. The van der Waals surface area contributed by atoms with Gasteiger partial charge < -0.3 is 24.1 Å². The fourth-order valence-corrected chi connectivity index (χ4v) is 4.40. The van der Waals surface area contributed by atoms with Crippen molar-refractivity contribution in [3.05, 3.63) is 0 Å². The molecular weight excluding hydrogens is 388 g/mol. The Morgan fingerprint density at radius 2 is 1.76 bits per heavy atom. The van der Waals surface area contributed by atoms with Crippen molar-refractivity contribution >= 4 is 20.4 Å². The number of likely N-dealkylation sites (tertiary alicyclic amines) is 1. The van der Waals surface area contributed by atoms with Gasteiger partial charge in [-0.1, -0.05) is 20.8 Å². The Labute approximate surface area is 178 Å². The van der Waals surface area contributed by atoms with Crippen LogP contribution in [0.15, 0.2) is 0 Å². The molecule has 0 aromatic heterocycles. The SMILES string of the molecule is CCOC(=O)CNCC[C@@H]1C[C@@H](O[Si](C)(C)C(C)(C)C)CN1C(=O)OC(C)(C)C. The number of hydrogen-bond acceptors (Lipinski definition) is 6. The molecule has 0 unspecified atom stereocenters. The van der Waals surface area contributed by atoms with E-state index >= 15 is 0 Å². The summed E-state index contributed by atoms with van der Waals surface area (Å²) in [5.74, 6) is -0.262. The summed E-state index contributed by atoms with van der Waals surface area (Å²) < 4.78 is 17.1. The van der Waals surface area contributed by atoms with E-state index in [9.17, 15) is 9.59 Å². The van der Waals surface area contributed by atoms with Crippen molar-refractivity contribution in [2.45, 2.75) is 97.2 Å². The third-order valence-corrected chi connectivity index (χ3v) is 10.0. The largest absolute Gasteiger partial charge is 0.465 e. The first-order chi connectivity index (χ1) is 13.2. The second kappa shape index (κ2) is 10.3. The van der Waals surface area contributed by atoms with Gasteiger partial charge in [0.1, 0.15) is 5.60 Å². The van der Waals surface area contributed by atoms with E-state index in [0.29, 0.717) is 19.7 Å². The summed E-state index contributed by atoms with van der Waals surface area (Å²) in [6.45, 7) is 20.3. The number of ether oxygens (including phenoxy) is 2. The number of hydrogen-bond donors (Lipinski definition) is 1. The van der Waals surface area contributed by atoms with Gasteiger partial charge in [0.25, 0.3) is 0 Å². The fourth-order valence-electron chi connectivity index (χ4n) is 3.04. The van der Waals surface area contributed by atoms with Crippen LogP contribution in [0.3, 0.4) is 0 Å². The van der Waals surface area contributed by atoms with Crippen LogP contribution in [-0.2, 0) is 18.7 Å². The summed E-state index contributed by atoms with van der Waals surface area (Å²) in [6.07, 6.45) is 1.23. The lowest BCUT2D eigenvalue weighted by Crippen LogP contribution is -2.45. The van der Waals surface area contributed by atoms with Gasteiger partial charge in [0.2, 0.25) is 0 Å². The minimum absolute atomic E-state index is 0.0125. The monoisotopic (exact) mass is 430 g/mol. The van der Waals surface area contributed by atoms with Gasteiger partial charge in [-0.05, 0) is 65.2 Å². The summed E-state index contributed by atoms with van der Waals surface area (Å²) in [5.41, 5.74) is -0.540. The van der Waals surface area contributed by atoms with Crippen LogP contribution >= 0.6 is 0 Å². The lowest BCUT2D eigenvalue weighted by atomic mass is 10.1. The zero-order valence-electron chi connectivity index (χ0n) is 19.9. The average Bonchev–Trinajstić information content (AvgIpc) is 2.91. The minimum atomic E-state index is -1.93. The molecular formula is C21H42N2O5Si. The van der Waals surface area contributed by atoms with E-state index in [4.69, 9.17) is 13.9 Å². The molecule has 1 amide bonds. The lowest BCUT2D eigenvalue weighted by Gasteiger charge is -2.38. The van der Waals surface area contributed by atoms with Gasteiger partial charge in [0.05, 0.1) is 19.3 Å². The highest BCUT2D eigenvalue weighted by molar-refractivity contribution is 6.74. The highest BCUT2D eigenvalue weighted by Gasteiger charge is 2.44. The number of rotatable bonds is 8. The van der Waals surface area contributed by atoms with Crippen molar-refractivity contribution in [1.82, 2.24) is 10.2 Å². The van der Waals surface area contributed by atoms with Crippen molar-refractivity contribution < 1.29 is 23.5 Å². The van der Waals surface area contributed by atoms with Gasteiger partial charge in [-0.15, -0.1) is 0 Å². The smallest absolute Gasteiger partial charge is 0.410 e. The quantitative estimate of drug-likeness (QED) is 0.357. The molecule has 1 aliphatic rings. The summed E-state index contributed by atoms with van der Waals surface area (Å²) >= 11 is 0. The van der Waals surface area contributed by atoms with Crippen molar-refractivity contribution in [2.24, 2.45) is 0 Å². The Kier molecular flexibility index (Phi) is 9.17. The predicted octanol–water partition coefficient (Wildman–Crippen LogP) is 3.93. The maximum atomic E-state index is 12.8. The second-order valence-corrected chi connectivity index (χ2v) is 15.0. The Morgan fingerprint density at radius 1 is 1.14 bits per heavy atom. The second-order valence-electron chi connectivity index (χ2n) is 10.3. The molecule has 7 nitrogen and oxygen atoms in total. The van der Waals surface area contributed by atoms with Gasteiger partial charge in [-0.3, -0.25) is 4.79 Å². The zero-order valence-corrected chi connectivity index (χ0v) is 20.9. The molecule has 29 heavy (non-hydrogen) atoms.